The predicted octanol–water partition coefficient (Wildman–Crippen LogP) is 1.45. The van der Waals surface area contributed by atoms with Gasteiger partial charge in [-0.25, -0.2) is 22.0 Å². The zero-order valence-corrected chi connectivity index (χ0v) is 13.6. The lowest BCUT2D eigenvalue weighted by molar-refractivity contribution is 0.318. The largest absolute Gasteiger partial charge is 0.492 e. The summed E-state index contributed by atoms with van der Waals surface area (Å²) < 4.78 is 49.6. The number of halogens is 2. The van der Waals surface area contributed by atoms with Crippen LogP contribution < -0.4 is 9.88 Å². The molecule has 0 aliphatic heterocycles. The maximum atomic E-state index is 11.2. The van der Waals surface area contributed by atoms with E-state index in [1.165, 1.54) is 6.07 Å². The summed E-state index contributed by atoms with van der Waals surface area (Å²) in [7, 11) is -7.03. The zero-order valence-electron chi connectivity index (χ0n) is 10.5. The van der Waals surface area contributed by atoms with E-state index in [4.69, 9.17) is 33.1 Å². The first-order valence-electron chi connectivity index (χ1n) is 5.33. The van der Waals surface area contributed by atoms with E-state index in [1.807, 2.05) is 0 Å². The molecular weight excluding hydrogens is 349 g/mol. The monoisotopic (exact) mass is 361 g/mol. The molecule has 0 spiro atoms. The Morgan fingerprint density at radius 2 is 1.75 bits per heavy atom. The van der Waals surface area contributed by atoms with Crippen LogP contribution in [-0.4, -0.2) is 35.5 Å². The molecule has 0 atom stereocenters. The van der Waals surface area contributed by atoms with E-state index in [2.05, 4.69) is 0 Å². The van der Waals surface area contributed by atoms with E-state index in [0.29, 0.717) is 0 Å². The molecule has 0 bridgehead atoms. The third-order valence-electron chi connectivity index (χ3n) is 2.21. The Labute approximate surface area is 127 Å². The van der Waals surface area contributed by atoms with Gasteiger partial charge in [0, 0.05) is 12.3 Å². The molecule has 0 heterocycles. The number of rotatable bonds is 6. The van der Waals surface area contributed by atoms with Crippen LogP contribution in [0.4, 0.5) is 0 Å². The fourth-order valence-electron chi connectivity index (χ4n) is 1.34. The van der Waals surface area contributed by atoms with E-state index < -0.39 is 19.9 Å². The molecule has 10 heteroatoms. The van der Waals surface area contributed by atoms with Crippen LogP contribution in [0.15, 0.2) is 17.0 Å². The van der Waals surface area contributed by atoms with E-state index >= 15 is 0 Å². The minimum Gasteiger partial charge on any atom is -0.492 e. The maximum absolute atomic E-state index is 11.2. The number of primary sulfonamides is 1. The van der Waals surface area contributed by atoms with Gasteiger partial charge in [0.05, 0.1) is 22.4 Å². The van der Waals surface area contributed by atoms with Crippen LogP contribution in [0, 0.1) is 0 Å². The molecule has 114 valence electrons. The summed E-state index contributed by atoms with van der Waals surface area (Å²) in [6.07, 6.45) is 1.40. The van der Waals surface area contributed by atoms with Crippen LogP contribution in [0.2, 0.25) is 10.0 Å². The summed E-state index contributed by atoms with van der Waals surface area (Å²) in [6, 6.07) is 2.31. The van der Waals surface area contributed by atoms with Gasteiger partial charge >= 0.3 is 0 Å². The van der Waals surface area contributed by atoms with Crippen molar-refractivity contribution in [2.75, 3.05) is 18.6 Å². The highest BCUT2D eigenvalue weighted by molar-refractivity contribution is 7.90. The molecule has 0 aromatic heterocycles. The van der Waals surface area contributed by atoms with Crippen molar-refractivity contribution in [3.05, 3.63) is 22.2 Å². The van der Waals surface area contributed by atoms with Crippen LogP contribution in [-0.2, 0) is 19.9 Å². The fourth-order valence-corrected chi connectivity index (χ4v) is 3.36. The van der Waals surface area contributed by atoms with E-state index in [9.17, 15) is 16.8 Å². The van der Waals surface area contributed by atoms with Crippen LogP contribution in [0.1, 0.15) is 6.42 Å². The molecule has 2 N–H and O–H groups in total. The van der Waals surface area contributed by atoms with Crippen LogP contribution in [0.5, 0.6) is 5.75 Å². The number of nitrogens with two attached hydrogens (primary N) is 1. The van der Waals surface area contributed by atoms with Gasteiger partial charge in [0.15, 0.2) is 0 Å². The SMILES string of the molecule is CS(=O)(=O)CCCOc1cc(Cl)c(S(N)(=O)=O)cc1Cl. The Bertz CT molecular complexity index is 701. The van der Waals surface area contributed by atoms with Crippen molar-refractivity contribution in [3.63, 3.8) is 0 Å². The molecule has 20 heavy (non-hydrogen) atoms. The standard InChI is InChI=1S/C10H13Cl2NO5S2/c1-19(14,15)4-2-3-18-9-5-8(12)10(6-7(9)11)20(13,16)17/h5-6H,2-4H2,1H3,(H2,13,16,17). The lowest BCUT2D eigenvalue weighted by Crippen LogP contribution is -2.13. The molecule has 1 rings (SSSR count). The van der Waals surface area contributed by atoms with Crippen molar-refractivity contribution in [3.8, 4) is 5.75 Å². The summed E-state index contributed by atoms with van der Waals surface area (Å²) >= 11 is 11.6. The van der Waals surface area contributed by atoms with Crippen molar-refractivity contribution in [2.24, 2.45) is 5.14 Å². The van der Waals surface area contributed by atoms with Gasteiger partial charge in [-0.3, -0.25) is 0 Å². The summed E-state index contributed by atoms with van der Waals surface area (Å²) in [6.45, 7) is 0.109. The van der Waals surface area contributed by atoms with E-state index in [-0.39, 0.29) is 39.5 Å². The molecule has 0 fully saturated rings. The molecule has 1 aromatic carbocycles. The van der Waals surface area contributed by atoms with E-state index in [1.54, 1.807) is 0 Å². The number of sulfonamides is 1. The number of ether oxygens (including phenoxy) is 1. The highest BCUT2D eigenvalue weighted by Crippen LogP contribution is 2.33. The van der Waals surface area contributed by atoms with Crippen molar-refractivity contribution >= 4 is 43.1 Å². The normalized spacial score (nSPS) is 12.4. The Kier molecular flexibility index (Phi) is 5.68. The van der Waals surface area contributed by atoms with Crippen LogP contribution in [0.3, 0.4) is 0 Å². The Balaban J connectivity index is 2.81. The van der Waals surface area contributed by atoms with Crippen LogP contribution in [0.25, 0.3) is 0 Å². The molecule has 0 saturated heterocycles. The minimum absolute atomic E-state index is 0.0202. The highest BCUT2D eigenvalue weighted by atomic mass is 35.5. The molecule has 0 aliphatic carbocycles. The molecule has 0 amide bonds. The molecule has 1 aromatic rings. The molecule has 6 nitrogen and oxygen atoms in total. The number of hydrogen-bond donors (Lipinski definition) is 1. The Hall–Kier alpha value is -0.540. The number of benzene rings is 1. The van der Waals surface area contributed by atoms with Crippen molar-refractivity contribution in [2.45, 2.75) is 11.3 Å². The second-order valence-corrected chi connectivity index (χ2v) is 8.69. The maximum Gasteiger partial charge on any atom is 0.239 e. The first-order chi connectivity index (χ1) is 9.00. The zero-order chi connectivity index (χ0) is 15.6. The van der Waals surface area contributed by atoms with Gasteiger partial charge in [-0.2, -0.15) is 0 Å². The average molecular weight is 362 g/mol. The third kappa shape index (κ3) is 5.45. The summed E-state index contributed by atoms with van der Waals surface area (Å²) in [5.41, 5.74) is 0. The molecule has 0 aliphatic rings. The lowest BCUT2D eigenvalue weighted by Gasteiger charge is -2.10. The van der Waals surface area contributed by atoms with Crippen LogP contribution >= 0.6 is 23.2 Å². The third-order valence-corrected chi connectivity index (χ3v) is 4.91. The second-order valence-electron chi connectivity index (χ2n) is 4.09. The molecule has 0 saturated carbocycles. The van der Waals surface area contributed by atoms with Gasteiger partial charge in [-0.15, -0.1) is 0 Å². The number of sulfone groups is 1. The van der Waals surface area contributed by atoms with Crippen molar-refractivity contribution < 1.29 is 21.6 Å². The topological polar surface area (TPSA) is 104 Å². The Morgan fingerprint density at radius 3 is 2.25 bits per heavy atom. The predicted molar refractivity (Wildman–Crippen MR) is 77.7 cm³/mol. The summed E-state index contributed by atoms with van der Waals surface area (Å²) in [5.74, 6) is 0.144. The first kappa shape index (κ1) is 17.5. The van der Waals surface area contributed by atoms with E-state index in [0.717, 1.165) is 12.3 Å². The van der Waals surface area contributed by atoms with Gasteiger partial charge in [0.1, 0.15) is 20.5 Å². The van der Waals surface area contributed by atoms with Crippen molar-refractivity contribution in [1.29, 1.82) is 0 Å². The Morgan fingerprint density at radius 1 is 1.15 bits per heavy atom. The average Bonchev–Trinajstić information content (AvgIpc) is 2.25. The highest BCUT2D eigenvalue weighted by Gasteiger charge is 2.17. The molecule has 0 radical (unpaired) electrons. The van der Waals surface area contributed by atoms with Gasteiger partial charge in [0.25, 0.3) is 0 Å². The number of hydrogen-bond acceptors (Lipinski definition) is 5. The second kappa shape index (κ2) is 6.48. The lowest BCUT2D eigenvalue weighted by atomic mass is 10.3. The van der Waals surface area contributed by atoms with Gasteiger partial charge in [-0.05, 0) is 12.5 Å². The molecule has 0 unspecified atom stereocenters. The minimum atomic E-state index is -3.97. The summed E-state index contributed by atoms with van der Waals surface area (Å²) in [5, 5.41) is 4.88. The first-order valence-corrected chi connectivity index (χ1v) is 9.69. The van der Waals surface area contributed by atoms with Gasteiger partial charge < -0.3 is 4.74 Å². The summed E-state index contributed by atoms with van der Waals surface area (Å²) in [4.78, 5) is -0.298. The van der Waals surface area contributed by atoms with Gasteiger partial charge in [0.2, 0.25) is 10.0 Å². The quantitative estimate of drug-likeness (QED) is 0.772. The van der Waals surface area contributed by atoms with Crippen molar-refractivity contribution in [1.82, 2.24) is 0 Å². The fraction of sp³-hybridized carbons (Fsp3) is 0.400. The van der Waals surface area contributed by atoms with Gasteiger partial charge in [-0.1, -0.05) is 23.2 Å². The molecular formula is C10H13Cl2NO5S2. The smallest absolute Gasteiger partial charge is 0.239 e.